The number of para-hydroxylation sites is 1. The van der Waals surface area contributed by atoms with Gasteiger partial charge in [-0.3, -0.25) is 14.5 Å². The highest BCUT2D eigenvalue weighted by Gasteiger charge is 2.36. The summed E-state index contributed by atoms with van der Waals surface area (Å²) in [5.74, 6) is 0.341. The number of fused-ring (bicyclic) bond motifs is 1. The highest BCUT2D eigenvalue weighted by molar-refractivity contribution is 9.10. The lowest BCUT2D eigenvalue weighted by Gasteiger charge is -2.16. The fraction of sp³-hybridized carbons (Fsp3) is 0.115. The molecule has 2 aromatic heterocycles. The molecule has 9 heteroatoms. The highest BCUT2D eigenvalue weighted by atomic mass is 79.9. The number of hydrogen-bond donors (Lipinski definition) is 1. The lowest BCUT2D eigenvalue weighted by atomic mass is 10.1. The van der Waals surface area contributed by atoms with Crippen molar-refractivity contribution >= 4 is 67.7 Å². The quantitative estimate of drug-likeness (QED) is 0.273. The summed E-state index contributed by atoms with van der Waals surface area (Å²) >= 11 is 9.11. The molecule has 0 aliphatic carbocycles. The average molecular weight is 549 g/mol. The molecule has 1 aliphatic heterocycles. The number of carbonyl (C=O) groups is 2. The van der Waals surface area contributed by atoms with Crippen LogP contribution in [-0.2, 0) is 22.7 Å². The minimum atomic E-state index is -0.198. The molecule has 0 spiro atoms. The molecule has 1 aliphatic rings. The third kappa shape index (κ3) is 4.52. The summed E-state index contributed by atoms with van der Waals surface area (Å²) in [5, 5.41) is 4.20. The van der Waals surface area contributed by atoms with Crippen LogP contribution in [0.15, 0.2) is 87.7 Å². The van der Waals surface area contributed by atoms with Crippen LogP contribution in [0.3, 0.4) is 0 Å². The predicted octanol–water partition coefficient (Wildman–Crippen LogP) is 4.92. The zero-order valence-electron chi connectivity index (χ0n) is 18.8. The van der Waals surface area contributed by atoms with Crippen LogP contribution in [0.25, 0.3) is 17.0 Å². The van der Waals surface area contributed by atoms with Gasteiger partial charge in [0.05, 0.1) is 18.5 Å². The predicted molar refractivity (Wildman–Crippen MR) is 142 cm³/mol. The molecular formula is C26H21BrN4O3S. The van der Waals surface area contributed by atoms with E-state index < -0.39 is 0 Å². The summed E-state index contributed by atoms with van der Waals surface area (Å²) < 4.78 is 8.05. The topological polar surface area (TPSA) is 70.7 Å². The summed E-state index contributed by atoms with van der Waals surface area (Å²) in [6.07, 6.45) is 5.28. The van der Waals surface area contributed by atoms with Gasteiger partial charge in [-0.2, -0.15) is 0 Å². The zero-order chi connectivity index (χ0) is 24.5. The smallest absolute Gasteiger partial charge is 0.281 e. The molecule has 0 bridgehead atoms. The number of anilines is 1. The number of halogens is 1. The van der Waals surface area contributed by atoms with Crippen molar-refractivity contribution in [3.05, 3.63) is 94.6 Å². The molecule has 1 saturated heterocycles. The Bertz CT molecular complexity index is 1460. The van der Waals surface area contributed by atoms with Gasteiger partial charge in [0.1, 0.15) is 18.0 Å². The molecule has 3 heterocycles. The summed E-state index contributed by atoms with van der Waals surface area (Å²) in [4.78, 5) is 29.2. The second-order valence-corrected chi connectivity index (χ2v) is 9.36. The molecule has 0 saturated carbocycles. The van der Waals surface area contributed by atoms with Crippen molar-refractivity contribution in [2.24, 2.45) is 0 Å². The van der Waals surface area contributed by atoms with E-state index >= 15 is 0 Å². The zero-order valence-corrected chi connectivity index (χ0v) is 21.2. The first-order valence-corrected chi connectivity index (χ1v) is 12.1. The Morgan fingerprint density at radius 3 is 2.69 bits per heavy atom. The summed E-state index contributed by atoms with van der Waals surface area (Å²) in [6.45, 7) is 0.444. The van der Waals surface area contributed by atoms with E-state index in [0.717, 1.165) is 26.6 Å². The molecule has 2 aromatic carbocycles. The van der Waals surface area contributed by atoms with Crippen LogP contribution >= 0.6 is 28.1 Å². The third-order valence-corrected chi connectivity index (χ3v) is 6.75. The van der Waals surface area contributed by atoms with Crippen molar-refractivity contribution in [3.8, 4) is 0 Å². The van der Waals surface area contributed by atoms with Gasteiger partial charge in [0.2, 0.25) is 5.91 Å². The molecule has 2 amide bonds. The number of benzene rings is 2. The van der Waals surface area contributed by atoms with Gasteiger partial charge in [-0.15, -0.1) is 0 Å². The first kappa shape index (κ1) is 23.1. The summed E-state index contributed by atoms with van der Waals surface area (Å²) in [6, 6.07) is 18.8. The van der Waals surface area contributed by atoms with E-state index in [1.807, 2.05) is 71.4 Å². The maximum atomic E-state index is 13.4. The number of amides is 2. The van der Waals surface area contributed by atoms with Crippen LogP contribution in [0, 0.1) is 0 Å². The maximum absolute atomic E-state index is 13.4. The monoisotopic (exact) mass is 548 g/mol. The number of nitrogens with one attached hydrogen (secondary N) is 1. The number of likely N-dealkylation sites (N-methyl/N-ethyl adjacent to an activating group) is 1. The van der Waals surface area contributed by atoms with E-state index in [-0.39, 0.29) is 18.4 Å². The van der Waals surface area contributed by atoms with Crippen LogP contribution in [-0.4, -0.2) is 33.4 Å². The number of nitrogens with zero attached hydrogens (tertiary/aromatic N) is 3. The SMILES string of the molecule is CN1C(=S)N(c2ccccc2)C(=O)/C1=C/c1cn(CC(=O)NCc2ccco2)c2ccc(Br)cc12. The van der Waals surface area contributed by atoms with Crippen LogP contribution in [0.2, 0.25) is 0 Å². The minimum Gasteiger partial charge on any atom is -0.467 e. The molecule has 176 valence electrons. The third-order valence-electron chi connectivity index (χ3n) is 5.80. The highest BCUT2D eigenvalue weighted by Crippen LogP contribution is 2.31. The van der Waals surface area contributed by atoms with Gasteiger partial charge >= 0.3 is 0 Å². The van der Waals surface area contributed by atoms with E-state index in [2.05, 4.69) is 21.2 Å². The van der Waals surface area contributed by atoms with Crippen molar-refractivity contribution in [2.45, 2.75) is 13.1 Å². The van der Waals surface area contributed by atoms with E-state index in [0.29, 0.717) is 23.1 Å². The molecule has 0 unspecified atom stereocenters. The van der Waals surface area contributed by atoms with E-state index in [1.165, 1.54) is 4.90 Å². The Morgan fingerprint density at radius 2 is 1.94 bits per heavy atom. The van der Waals surface area contributed by atoms with Gasteiger partial charge in [-0.05, 0) is 60.8 Å². The first-order valence-electron chi connectivity index (χ1n) is 10.9. The minimum absolute atomic E-state index is 0.125. The van der Waals surface area contributed by atoms with Gasteiger partial charge in [-0.1, -0.05) is 34.1 Å². The molecule has 35 heavy (non-hydrogen) atoms. The summed E-state index contributed by atoms with van der Waals surface area (Å²) in [7, 11) is 1.78. The standard InChI is InChI=1S/C26H21BrN4O3S/c1-29-23(25(33)31(26(29)35)19-6-3-2-4-7-19)12-17-15-30(22-10-9-18(27)13-21(17)22)16-24(32)28-14-20-8-5-11-34-20/h2-13,15H,14,16H2,1H3,(H,28,32)/b23-12-. The van der Waals surface area contributed by atoms with Gasteiger partial charge in [0, 0.05) is 34.2 Å². The Hall–Kier alpha value is -3.69. The lowest BCUT2D eigenvalue weighted by molar-refractivity contribution is -0.121. The van der Waals surface area contributed by atoms with Crippen molar-refractivity contribution in [2.75, 3.05) is 11.9 Å². The normalized spacial score (nSPS) is 15.0. The Kier molecular flexibility index (Phi) is 6.27. The molecule has 7 nitrogen and oxygen atoms in total. The van der Waals surface area contributed by atoms with Crippen LogP contribution in [0.5, 0.6) is 0 Å². The molecule has 4 aromatic rings. The number of rotatable bonds is 6. The van der Waals surface area contributed by atoms with E-state index in [4.69, 9.17) is 16.6 Å². The second-order valence-electron chi connectivity index (χ2n) is 8.08. The van der Waals surface area contributed by atoms with Gasteiger partial charge in [0.15, 0.2) is 5.11 Å². The van der Waals surface area contributed by atoms with Crippen molar-refractivity contribution in [1.29, 1.82) is 0 Å². The van der Waals surface area contributed by atoms with Gasteiger partial charge in [0.25, 0.3) is 5.91 Å². The first-order chi connectivity index (χ1) is 16.9. The number of aromatic nitrogens is 1. The van der Waals surface area contributed by atoms with Crippen molar-refractivity contribution in [1.82, 2.24) is 14.8 Å². The van der Waals surface area contributed by atoms with E-state index in [1.54, 1.807) is 24.3 Å². The Labute approximate surface area is 215 Å². The molecular weight excluding hydrogens is 528 g/mol. The Morgan fingerprint density at radius 1 is 1.14 bits per heavy atom. The van der Waals surface area contributed by atoms with Gasteiger partial charge in [-0.25, -0.2) is 0 Å². The fourth-order valence-corrected chi connectivity index (χ4v) is 4.71. The van der Waals surface area contributed by atoms with Crippen LogP contribution < -0.4 is 10.2 Å². The molecule has 1 N–H and O–H groups in total. The van der Waals surface area contributed by atoms with Crippen molar-refractivity contribution < 1.29 is 14.0 Å². The summed E-state index contributed by atoms with van der Waals surface area (Å²) in [5.41, 5.74) is 2.87. The Balaban J connectivity index is 1.47. The number of hydrogen-bond acceptors (Lipinski definition) is 4. The van der Waals surface area contributed by atoms with Crippen LogP contribution in [0.4, 0.5) is 5.69 Å². The van der Waals surface area contributed by atoms with Crippen molar-refractivity contribution in [3.63, 3.8) is 0 Å². The fourth-order valence-electron chi connectivity index (χ4n) is 4.06. The largest absolute Gasteiger partial charge is 0.467 e. The van der Waals surface area contributed by atoms with E-state index in [9.17, 15) is 9.59 Å². The number of furan rings is 1. The molecule has 0 atom stereocenters. The number of thiocarbonyl (C=S) groups is 1. The number of carbonyl (C=O) groups excluding carboxylic acids is 2. The molecule has 5 rings (SSSR count). The average Bonchev–Trinajstić information content (AvgIpc) is 3.54. The van der Waals surface area contributed by atoms with Crippen LogP contribution in [0.1, 0.15) is 11.3 Å². The maximum Gasteiger partial charge on any atom is 0.281 e. The van der Waals surface area contributed by atoms with Gasteiger partial charge < -0.3 is 19.2 Å². The molecule has 0 radical (unpaired) electrons. The lowest BCUT2D eigenvalue weighted by Crippen LogP contribution is -2.30. The second kappa shape index (κ2) is 9.52. The molecule has 1 fully saturated rings.